The van der Waals surface area contributed by atoms with Crippen LogP contribution >= 0.6 is 0 Å². The molecule has 0 aliphatic rings. The number of benzene rings is 1. The van der Waals surface area contributed by atoms with Crippen molar-refractivity contribution in [1.82, 2.24) is 9.78 Å². The maximum atomic E-state index is 8.83. The Hall–Kier alpha value is -1.81. The summed E-state index contributed by atoms with van der Waals surface area (Å²) in [5.41, 5.74) is 7.72. The average Bonchev–Trinajstić information content (AvgIpc) is 2.63. The van der Waals surface area contributed by atoms with Gasteiger partial charge in [0.25, 0.3) is 0 Å². The maximum absolute atomic E-state index is 8.83. The minimum absolute atomic E-state index is 0.0880. The highest BCUT2D eigenvalue weighted by Gasteiger charge is 2.07. The first kappa shape index (κ1) is 9.73. The number of anilines is 1. The van der Waals surface area contributed by atoms with Crippen molar-refractivity contribution in [3.63, 3.8) is 0 Å². The van der Waals surface area contributed by atoms with Crippen LogP contribution in [0.1, 0.15) is 5.56 Å². The van der Waals surface area contributed by atoms with E-state index < -0.39 is 0 Å². The van der Waals surface area contributed by atoms with Crippen LogP contribution in [0.2, 0.25) is 0 Å². The Morgan fingerprint density at radius 3 is 2.67 bits per heavy atom. The number of rotatable bonds is 3. The van der Waals surface area contributed by atoms with Gasteiger partial charge < -0.3 is 10.8 Å². The number of nitrogens with two attached hydrogens (primary N) is 1. The molecule has 0 fully saturated rings. The van der Waals surface area contributed by atoms with Gasteiger partial charge in [0.2, 0.25) is 0 Å². The summed E-state index contributed by atoms with van der Waals surface area (Å²) < 4.78 is 1.67. The van der Waals surface area contributed by atoms with Crippen molar-refractivity contribution in [3.05, 3.63) is 42.1 Å². The fraction of sp³-hybridized carbons (Fsp3) is 0.182. The lowest BCUT2D eigenvalue weighted by Gasteiger charge is -2.04. The van der Waals surface area contributed by atoms with Gasteiger partial charge in [0.1, 0.15) is 5.82 Å². The van der Waals surface area contributed by atoms with Crippen molar-refractivity contribution < 1.29 is 5.11 Å². The fourth-order valence-electron chi connectivity index (χ4n) is 1.48. The summed E-state index contributed by atoms with van der Waals surface area (Å²) in [5.74, 6) is 0.593. The maximum Gasteiger partial charge on any atom is 0.130 e. The molecule has 1 heterocycles. The zero-order chi connectivity index (χ0) is 10.7. The Labute approximate surface area is 88.0 Å². The molecular formula is C11H13N3O. The van der Waals surface area contributed by atoms with Crippen LogP contribution in [-0.2, 0) is 6.42 Å². The van der Waals surface area contributed by atoms with Crippen LogP contribution in [0.5, 0.6) is 0 Å². The Morgan fingerprint density at radius 2 is 2.00 bits per heavy atom. The summed E-state index contributed by atoms with van der Waals surface area (Å²) in [4.78, 5) is 0. The van der Waals surface area contributed by atoms with Gasteiger partial charge in [-0.25, -0.2) is 4.68 Å². The van der Waals surface area contributed by atoms with Crippen LogP contribution in [0.25, 0.3) is 5.69 Å². The average molecular weight is 203 g/mol. The van der Waals surface area contributed by atoms with Gasteiger partial charge in [0, 0.05) is 18.6 Å². The highest BCUT2D eigenvalue weighted by molar-refractivity contribution is 5.46. The molecule has 0 bridgehead atoms. The molecule has 2 aromatic rings. The predicted molar refractivity (Wildman–Crippen MR) is 58.8 cm³/mol. The van der Waals surface area contributed by atoms with E-state index in [9.17, 15) is 0 Å². The number of hydrogen-bond donors (Lipinski definition) is 2. The number of nitrogen functional groups attached to an aromatic ring is 1. The first-order chi connectivity index (χ1) is 7.33. The normalized spacial score (nSPS) is 10.5. The third-order valence-electron chi connectivity index (χ3n) is 2.27. The number of para-hydroxylation sites is 1. The summed E-state index contributed by atoms with van der Waals surface area (Å²) in [7, 11) is 0. The van der Waals surface area contributed by atoms with Gasteiger partial charge in [-0.2, -0.15) is 5.10 Å². The fourth-order valence-corrected chi connectivity index (χ4v) is 1.48. The molecule has 0 amide bonds. The van der Waals surface area contributed by atoms with Crippen LogP contribution in [0.3, 0.4) is 0 Å². The number of aliphatic hydroxyl groups is 1. The molecular weight excluding hydrogens is 190 g/mol. The summed E-state index contributed by atoms with van der Waals surface area (Å²) in [6, 6.07) is 9.68. The molecule has 1 aromatic heterocycles. The van der Waals surface area contributed by atoms with Crippen molar-refractivity contribution in [2.45, 2.75) is 6.42 Å². The standard InChI is InChI=1S/C11H13N3O/c12-11-9(6-7-15)8-13-14(11)10-4-2-1-3-5-10/h1-5,8,15H,6-7,12H2. The lowest BCUT2D eigenvalue weighted by molar-refractivity contribution is 0.300. The molecule has 4 nitrogen and oxygen atoms in total. The minimum Gasteiger partial charge on any atom is -0.396 e. The second-order valence-corrected chi connectivity index (χ2v) is 3.28. The largest absolute Gasteiger partial charge is 0.396 e. The molecule has 0 unspecified atom stereocenters. The zero-order valence-corrected chi connectivity index (χ0v) is 8.30. The second-order valence-electron chi connectivity index (χ2n) is 3.28. The van der Waals surface area contributed by atoms with Crippen LogP contribution < -0.4 is 5.73 Å². The quantitative estimate of drug-likeness (QED) is 0.781. The molecule has 0 radical (unpaired) electrons. The van der Waals surface area contributed by atoms with E-state index in [0.717, 1.165) is 11.3 Å². The monoisotopic (exact) mass is 203 g/mol. The highest BCUT2D eigenvalue weighted by atomic mass is 16.2. The van der Waals surface area contributed by atoms with Gasteiger partial charge in [-0.1, -0.05) is 18.2 Å². The van der Waals surface area contributed by atoms with Gasteiger partial charge in [0.05, 0.1) is 11.9 Å². The molecule has 0 saturated heterocycles. The predicted octanol–water partition coefficient (Wildman–Crippen LogP) is 0.989. The molecule has 0 aliphatic carbocycles. The van der Waals surface area contributed by atoms with Crippen LogP contribution in [-0.4, -0.2) is 21.5 Å². The van der Waals surface area contributed by atoms with Crippen LogP contribution in [0.4, 0.5) is 5.82 Å². The van der Waals surface area contributed by atoms with Gasteiger partial charge in [-0.3, -0.25) is 0 Å². The smallest absolute Gasteiger partial charge is 0.130 e. The third-order valence-corrected chi connectivity index (χ3v) is 2.27. The molecule has 78 valence electrons. The van der Waals surface area contributed by atoms with Crippen molar-refractivity contribution in [2.75, 3.05) is 12.3 Å². The molecule has 2 rings (SSSR count). The van der Waals surface area contributed by atoms with Crippen LogP contribution in [0, 0.1) is 0 Å². The molecule has 1 aromatic carbocycles. The van der Waals surface area contributed by atoms with Gasteiger partial charge >= 0.3 is 0 Å². The van der Waals surface area contributed by atoms with Gasteiger partial charge in [-0.05, 0) is 12.1 Å². The van der Waals surface area contributed by atoms with E-state index in [4.69, 9.17) is 10.8 Å². The Morgan fingerprint density at radius 1 is 1.27 bits per heavy atom. The first-order valence-corrected chi connectivity index (χ1v) is 4.81. The van der Waals surface area contributed by atoms with E-state index in [1.807, 2.05) is 30.3 Å². The summed E-state index contributed by atoms with van der Waals surface area (Å²) in [5, 5.41) is 13.0. The molecule has 0 atom stereocenters. The molecule has 0 saturated carbocycles. The van der Waals surface area contributed by atoms with E-state index in [1.165, 1.54) is 0 Å². The second kappa shape index (κ2) is 4.14. The molecule has 15 heavy (non-hydrogen) atoms. The lowest BCUT2D eigenvalue weighted by atomic mass is 10.2. The number of aromatic nitrogens is 2. The number of hydrogen-bond acceptors (Lipinski definition) is 3. The minimum atomic E-state index is 0.0880. The molecule has 3 N–H and O–H groups in total. The Bertz CT molecular complexity index is 436. The van der Waals surface area contributed by atoms with E-state index in [-0.39, 0.29) is 6.61 Å². The van der Waals surface area contributed by atoms with Gasteiger partial charge in [-0.15, -0.1) is 0 Å². The van der Waals surface area contributed by atoms with E-state index >= 15 is 0 Å². The topological polar surface area (TPSA) is 64.1 Å². The van der Waals surface area contributed by atoms with Crippen molar-refractivity contribution in [1.29, 1.82) is 0 Å². The SMILES string of the molecule is Nc1c(CCO)cnn1-c1ccccc1. The van der Waals surface area contributed by atoms with E-state index in [2.05, 4.69) is 5.10 Å². The number of aliphatic hydroxyl groups excluding tert-OH is 1. The Balaban J connectivity index is 2.38. The third kappa shape index (κ3) is 1.85. The Kier molecular flexibility index (Phi) is 2.69. The van der Waals surface area contributed by atoms with Crippen molar-refractivity contribution >= 4 is 5.82 Å². The zero-order valence-electron chi connectivity index (χ0n) is 8.30. The van der Waals surface area contributed by atoms with Crippen LogP contribution in [0.15, 0.2) is 36.5 Å². The van der Waals surface area contributed by atoms with Crippen molar-refractivity contribution in [2.24, 2.45) is 0 Å². The molecule has 0 aliphatic heterocycles. The van der Waals surface area contributed by atoms with Gasteiger partial charge in [0.15, 0.2) is 0 Å². The van der Waals surface area contributed by atoms with E-state index in [0.29, 0.717) is 12.2 Å². The van der Waals surface area contributed by atoms with E-state index in [1.54, 1.807) is 10.9 Å². The lowest BCUT2D eigenvalue weighted by Crippen LogP contribution is -2.03. The summed E-state index contributed by atoms with van der Waals surface area (Å²) in [6.07, 6.45) is 2.23. The molecule has 4 heteroatoms. The highest BCUT2D eigenvalue weighted by Crippen LogP contribution is 2.16. The van der Waals surface area contributed by atoms with Crippen molar-refractivity contribution in [3.8, 4) is 5.69 Å². The summed E-state index contributed by atoms with van der Waals surface area (Å²) >= 11 is 0. The molecule has 0 spiro atoms. The first-order valence-electron chi connectivity index (χ1n) is 4.81. The summed E-state index contributed by atoms with van der Waals surface area (Å²) in [6.45, 7) is 0.0880. The number of nitrogens with zero attached hydrogens (tertiary/aromatic N) is 2.